The highest BCUT2D eigenvalue weighted by Crippen LogP contribution is 2.31. The maximum absolute atomic E-state index is 12.7. The van der Waals surface area contributed by atoms with E-state index in [1.54, 1.807) is 17.0 Å². The first kappa shape index (κ1) is 22.3. The molecule has 5 nitrogen and oxygen atoms in total. The Hall–Kier alpha value is -1.92. The van der Waals surface area contributed by atoms with Gasteiger partial charge in [-0.3, -0.25) is 4.79 Å². The summed E-state index contributed by atoms with van der Waals surface area (Å²) in [6.07, 6.45) is 1.83. The third kappa shape index (κ3) is 5.47. The Bertz CT molecular complexity index is 868. The quantitative estimate of drug-likeness (QED) is 0.746. The van der Waals surface area contributed by atoms with E-state index in [-0.39, 0.29) is 18.9 Å². The molecule has 2 aromatic rings. The van der Waals surface area contributed by atoms with Crippen LogP contribution in [0, 0.1) is 0 Å². The van der Waals surface area contributed by atoms with Crippen molar-refractivity contribution in [3.8, 4) is 0 Å². The number of β-amino-alcohol motifs (C(OH)–C–C–N with tert-alkyl or cyclic N) is 2. The second-order valence-corrected chi connectivity index (χ2v) is 9.41. The van der Waals surface area contributed by atoms with E-state index in [9.17, 15) is 15.0 Å². The zero-order valence-electron chi connectivity index (χ0n) is 17.8. The molecule has 2 heterocycles. The van der Waals surface area contributed by atoms with Crippen molar-refractivity contribution in [1.29, 1.82) is 0 Å². The smallest absolute Gasteiger partial charge is 0.227 e. The zero-order valence-corrected chi connectivity index (χ0v) is 18.5. The van der Waals surface area contributed by atoms with Crippen LogP contribution in [0.4, 0.5) is 0 Å². The fourth-order valence-corrected chi connectivity index (χ4v) is 4.93. The molecule has 0 radical (unpaired) electrons. The number of carbonyl (C=O) groups excluding carboxylic acids is 1. The molecular weight excluding hydrogens is 412 g/mol. The van der Waals surface area contributed by atoms with Gasteiger partial charge in [0, 0.05) is 24.7 Å². The van der Waals surface area contributed by atoms with Gasteiger partial charge in [-0.2, -0.15) is 0 Å². The van der Waals surface area contributed by atoms with Crippen LogP contribution in [0.15, 0.2) is 54.6 Å². The van der Waals surface area contributed by atoms with Crippen molar-refractivity contribution in [2.75, 3.05) is 32.7 Å². The molecule has 2 fully saturated rings. The molecule has 2 atom stereocenters. The highest BCUT2D eigenvalue weighted by atomic mass is 35.5. The maximum Gasteiger partial charge on any atom is 0.227 e. The molecule has 2 saturated heterocycles. The molecule has 0 bridgehead atoms. The molecule has 31 heavy (non-hydrogen) atoms. The number of aliphatic hydroxyl groups is 2. The number of aliphatic hydroxyl groups excluding tert-OH is 1. The second kappa shape index (κ2) is 9.70. The number of piperidine rings is 2. The third-order valence-electron chi connectivity index (χ3n) is 6.81. The van der Waals surface area contributed by atoms with Crippen LogP contribution in [0.25, 0.3) is 0 Å². The van der Waals surface area contributed by atoms with Gasteiger partial charge < -0.3 is 20.0 Å². The highest BCUT2D eigenvalue weighted by molar-refractivity contribution is 6.30. The average Bonchev–Trinajstić information content (AvgIpc) is 2.78. The number of nitrogens with zero attached hydrogens (tertiary/aromatic N) is 2. The molecule has 0 spiro atoms. The molecule has 166 valence electrons. The number of amides is 1. The van der Waals surface area contributed by atoms with Gasteiger partial charge in [-0.15, -0.1) is 0 Å². The summed E-state index contributed by atoms with van der Waals surface area (Å²) in [5, 5.41) is 22.5. The van der Waals surface area contributed by atoms with Crippen molar-refractivity contribution in [3.05, 3.63) is 70.7 Å². The molecule has 2 aliphatic heterocycles. The Balaban J connectivity index is 1.28. The summed E-state index contributed by atoms with van der Waals surface area (Å²) >= 11 is 5.91. The van der Waals surface area contributed by atoms with Crippen molar-refractivity contribution >= 4 is 17.5 Å². The molecule has 4 rings (SSSR count). The lowest BCUT2D eigenvalue weighted by atomic mass is 9.85. The van der Waals surface area contributed by atoms with E-state index in [0.717, 1.165) is 31.5 Å². The van der Waals surface area contributed by atoms with Crippen molar-refractivity contribution < 1.29 is 15.0 Å². The summed E-state index contributed by atoms with van der Waals surface area (Å²) < 4.78 is 0. The average molecular weight is 443 g/mol. The minimum atomic E-state index is -1.17. The van der Waals surface area contributed by atoms with Gasteiger partial charge in [0.15, 0.2) is 0 Å². The summed E-state index contributed by atoms with van der Waals surface area (Å²) in [5.41, 5.74) is 1.11. The molecular formula is C25H31ClN2O3. The van der Waals surface area contributed by atoms with Gasteiger partial charge in [-0.1, -0.05) is 54.1 Å². The molecule has 0 aliphatic carbocycles. The van der Waals surface area contributed by atoms with Gasteiger partial charge >= 0.3 is 0 Å². The lowest BCUT2D eigenvalue weighted by Crippen LogP contribution is -2.61. The van der Waals surface area contributed by atoms with Crippen LogP contribution in [-0.2, 0) is 11.2 Å². The standard InChI is InChI=1S/C25H31ClN2O3/c26-22-8-6-19(7-9-22)16-24(30)28-15-12-25(31,23(29)17-28)18-27-13-10-21(11-14-27)20-4-2-1-3-5-20/h1-9,21,23,29,31H,10-18H2/t23-,25-/m0/s1. The fraction of sp³-hybridized carbons (Fsp3) is 0.480. The van der Waals surface area contributed by atoms with E-state index >= 15 is 0 Å². The van der Waals surface area contributed by atoms with E-state index in [1.807, 2.05) is 18.2 Å². The number of rotatable bonds is 5. The molecule has 0 aromatic heterocycles. The van der Waals surface area contributed by atoms with Gasteiger partial charge in [0.05, 0.1) is 6.42 Å². The van der Waals surface area contributed by atoms with Crippen LogP contribution in [0.1, 0.15) is 36.3 Å². The first-order chi connectivity index (χ1) is 14.9. The minimum absolute atomic E-state index is 0.0351. The summed E-state index contributed by atoms with van der Waals surface area (Å²) in [4.78, 5) is 16.6. The summed E-state index contributed by atoms with van der Waals surface area (Å²) in [5.74, 6) is 0.524. The SMILES string of the molecule is O=C(Cc1ccc(Cl)cc1)N1CC[C@](O)(CN2CCC(c3ccccc3)CC2)[C@@H](O)C1. The fourth-order valence-electron chi connectivity index (χ4n) is 4.80. The third-order valence-corrected chi connectivity index (χ3v) is 7.06. The molecule has 1 amide bonds. The van der Waals surface area contributed by atoms with Crippen LogP contribution >= 0.6 is 11.6 Å². The number of carbonyl (C=O) groups is 1. The number of halogens is 1. The Morgan fingerprint density at radius 2 is 1.71 bits per heavy atom. The zero-order chi connectivity index (χ0) is 21.8. The van der Waals surface area contributed by atoms with Gasteiger partial charge in [0.1, 0.15) is 11.7 Å². The molecule has 0 saturated carbocycles. The topological polar surface area (TPSA) is 64.0 Å². The first-order valence-electron chi connectivity index (χ1n) is 11.1. The molecule has 0 unspecified atom stereocenters. The highest BCUT2D eigenvalue weighted by Gasteiger charge is 2.43. The van der Waals surface area contributed by atoms with E-state index in [0.29, 0.717) is 30.5 Å². The normalized spacial score (nSPS) is 25.5. The van der Waals surface area contributed by atoms with E-state index in [2.05, 4.69) is 29.2 Å². The van der Waals surface area contributed by atoms with Gasteiger partial charge in [-0.25, -0.2) is 0 Å². The lowest BCUT2D eigenvalue weighted by molar-refractivity contribution is -0.153. The largest absolute Gasteiger partial charge is 0.388 e. The van der Waals surface area contributed by atoms with E-state index in [4.69, 9.17) is 11.6 Å². The minimum Gasteiger partial charge on any atom is -0.388 e. The molecule has 2 aromatic carbocycles. The Morgan fingerprint density at radius 3 is 2.35 bits per heavy atom. The predicted octanol–water partition coefficient (Wildman–Crippen LogP) is 3.09. The van der Waals surface area contributed by atoms with Crippen LogP contribution < -0.4 is 0 Å². The summed E-state index contributed by atoms with van der Waals surface area (Å²) in [7, 11) is 0. The van der Waals surface area contributed by atoms with Crippen molar-refractivity contribution in [1.82, 2.24) is 9.80 Å². The molecule has 2 N–H and O–H groups in total. The van der Waals surface area contributed by atoms with Crippen LogP contribution in [0.2, 0.25) is 5.02 Å². The monoisotopic (exact) mass is 442 g/mol. The second-order valence-electron chi connectivity index (χ2n) is 8.97. The summed E-state index contributed by atoms with van der Waals surface area (Å²) in [6.45, 7) is 2.90. The van der Waals surface area contributed by atoms with Crippen molar-refractivity contribution in [2.45, 2.75) is 43.3 Å². The van der Waals surface area contributed by atoms with E-state index in [1.165, 1.54) is 5.56 Å². The van der Waals surface area contributed by atoms with Crippen molar-refractivity contribution in [2.24, 2.45) is 0 Å². The first-order valence-corrected chi connectivity index (χ1v) is 11.5. The van der Waals surface area contributed by atoms with E-state index < -0.39 is 11.7 Å². The number of hydrogen-bond acceptors (Lipinski definition) is 4. The van der Waals surface area contributed by atoms with Gasteiger partial charge in [-0.05, 0) is 61.5 Å². The van der Waals surface area contributed by atoms with Gasteiger partial charge in [0.25, 0.3) is 0 Å². The van der Waals surface area contributed by atoms with Gasteiger partial charge in [0.2, 0.25) is 5.91 Å². The van der Waals surface area contributed by atoms with Crippen molar-refractivity contribution in [3.63, 3.8) is 0 Å². The van der Waals surface area contributed by atoms with Crippen LogP contribution in [0.5, 0.6) is 0 Å². The maximum atomic E-state index is 12.7. The predicted molar refractivity (Wildman–Crippen MR) is 122 cm³/mol. The number of likely N-dealkylation sites (tertiary alicyclic amines) is 2. The Labute approximate surface area is 189 Å². The van der Waals surface area contributed by atoms with Crippen LogP contribution in [-0.4, -0.2) is 70.3 Å². The number of hydrogen-bond donors (Lipinski definition) is 2. The molecule has 6 heteroatoms. The Morgan fingerprint density at radius 1 is 1.03 bits per heavy atom. The summed E-state index contributed by atoms with van der Waals surface area (Å²) in [6, 6.07) is 17.8. The lowest BCUT2D eigenvalue weighted by Gasteiger charge is -2.45. The molecule has 2 aliphatic rings. The number of benzene rings is 2. The van der Waals surface area contributed by atoms with Crippen LogP contribution in [0.3, 0.4) is 0 Å². The Kier molecular flexibility index (Phi) is 6.97.